The van der Waals surface area contributed by atoms with Gasteiger partial charge in [-0.05, 0) is 29.8 Å². The molecule has 3 nitrogen and oxygen atoms in total. The van der Waals surface area contributed by atoms with Gasteiger partial charge in [-0.2, -0.15) is 0 Å². The molecule has 3 heteroatoms. The van der Waals surface area contributed by atoms with Crippen molar-refractivity contribution in [3.8, 4) is 39.5 Å². The summed E-state index contributed by atoms with van der Waals surface area (Å²) in [5, 5.41) is 3.52. The van der Waals surface area contributed by atoms with Gasteiger partial charge in [-0.3, -0.25) is 0 Å². The number of benzene rings is 6. The highest BCUT2D eigenvalue weighted by Crippen LogP contribution is 2.38. The van der Waals surface area contributed by atoms with Crippen molar-refractivity contribution in [3.05, 3.63) is 152 Å². The van der Waals surface area contributed by atoms with Crippen molar-refractivity contribution < 1.29 is 0 Å². The Hall–Kier alpha value is -5.54. The summed E-state index contributed by atoms with van der Waals surface area (Å²) < 4.78 is 2.36. The maximum absolute atomic E-state index is 5.19. The molecule has 0 bridgehead atoms. The lowest BCUT2D eigenvalue weighted by Crippen LogP contribution is -1.97. The molecule has 192 valence electrons. The van der Waals surface area contributed by atoms with Gasteiger partial charge < -0.3 is 4.57 Å². The molecule has 0 aliphatic carbocycles. The molecule has 2 aromatic heterocycles. The van der Waals surface area contributed by atoms with Gasteiger partial charge in [0, 0.05) is 38.5 Å². The number of nitrogens with zero attached hydrogens (tertiary/aromatic N) is 3. The first kappa shape index (κ1) is 23.4. The van der Waals surface area contributed by atoms with Gasteiger partial charge in [0.05, 0.1) is 22.2 Å². The molecule has 41 heavy (non-hydrogen) atoms. The van der Waals surface area contributed by atoms with Crippen LogP contribution in [0.15, 0.2) is 152 Å². The highest BCUT2D eigenvalue weighted by Gasteiger charge is 2.17. The monoisotopic (exact) mass is 523 g/mol. The molecule has 0 unspecified atom stereocenters. The van der Waals surface area contributed by atoms with Crippen molar-refractivity contribution in [1.29, 1.82) is 0 Å². The zero-order valence-electron chi connectivity index (χ0n) is 22.3. The lowest BCUT2D eigenvalue weighted by Gasteiger charge is -2.13. The zero-order valence-corrected chi connectivity index (χ0v) is 22.3. The van der Waals surface area contributed by atoms with Gasteiger partial charge in [-0.25, -0.2) is 9.97 Å². The Balaban J connectivity index is 1.43. The fourth-order valence-electron chi connectivity index (χ4n) is 5.91. The number of rotatable bonds is 4. The van der Waals surface area contributed by atoms with E-state index >= 15 is 0 Å². The molecule has 0 spiro atoms. The van der Waals surface area contributed by atoms with E-state index in [2.05, 4.69) is 132 Å². The summed E-state index contributed by atoms with van der Waals surface area (Å²) in [6.07, 6.45) is 0. The molecule has 0 fully saturated rings. The number of para-hydroxylation sites is 3. The molecule has 0 aliphatic rings. The minimum atomic E-state index is 0.726. The fourth-order valence-corrected chi connectivity index (χ4v) is 5.91. The van der Waals surface area contributed by atoms with Gasteiger partial charge in [-0.15, -0.1) is 0 Å². The molecular formula is C38H25N3. The largest absolute Gasteiger partial charge is 0.309 e. The van der Waals surface area contributed by atoms with Crippen LogP contribution in [-0.2, 0) is 0 Å². The first-order chi connectivity index (χ1) is 20.3. The zero-order chi connectivity index (χ0) is 27.2. The molecule has 6 aromatic carbocycles. The van der Waals surface area contributed by atoms with Crippen LogP contribution in [0, 0.1) is 0 Å². The van der Waals surface area contributed by atoms with Crippen molar-refractivity contribution in [1.82, 2.24) is 14.5 Å². The Morgan fingerprint density at radius 2 is 1.05 bits per heavy atom. The average Bonchev–Trinajstić information content (AvgIpc) is 3.39. The Bertz CT molecular complexity index is 2180. The number of aromatic nitrogens is 3. The minimum absolute atomic E-state index is 0.726. The first-order valence-corrected chi connectivity index (χ1v) is 13.9. The van der Waals surface area contributed by atoms with Crippen LogP contribution in [0.25, 0.3) is 72.2 Å². The Labute approximate surface area is 238 Å². The first-order valence-electron chi connectivity index (χ1n) is 13.9. The molecule has 0 atom stereocenters. The molecule has 0 amide bonds. The van der Waals surface area contributed by atoms with Crippen LogP contribution in [0.4, 0.5) is 0 Å². The summed E-state index contributed by atoms with van der Waals surface area (Å²) in [4.78, 5) is 10.3. The SMILES string of the molecule is c1ccc(-c2nc(-c3ccccc3)c3cccc(-c4ccc5c6ccccc6n(-c6ccccc6)c5c4)c3n2)cc1. The second kappa shape index (κ2) is 9.58. The van der Waals surface area contributed by atoms with Crippen LogP contribution < -0.4 is 0 Å². The standard InChI is InChI=1S/C38H25N3/c1-4-13-26(14-5-1)36-33-21-12-20-30(37(33)40-38(39-36)27-15-6-2-7-16-27)28-23-24-32-31-19-10-11-22-34(31)41(35(32)25-28)29-17-8-3-9-18-29/h1-25H. The van der Waals surface area contributed by atoms with E-state index in [0.717, 1.165) is 50.4 Å². The second-order valence-electron chi connectivity index (χ2n) is 10.2. The van der Waals surface area contributed by atoms with Crippen LogP contribution >= 0.6 is 0 Å². The van der Waals surface area contributed by atoms with Crippen LogP contribution in [-0.4, -0.2) is 14.5 Å². The van der Waals surface area contributed by atoms with E-state index in [-0.39, 0.29) is 0 Å². The molecule has 0 radical (unpaired) electrons. The third kappa shape index (κ3) is 3.90. The summed E-state index contributed by atoms with van der Waals surface area (Å²) in [5.41, 5.74) is 9.70. The van der Waals surface area contributed by atoms with Gasteiger partial charge in [0.1, 0.15) is 0 Å². The number of fused-ring (bicyclic) bond motifs is 4. The third-order valence-electron chi connectivity index (χ3n) is 7.80. The summed E-state index contributed by atoms with van der Waals surface area (Å²) in [5.74, 6) is 0.726. The highest BCUT2D eigenvalue weighted by molar-refractivity contribution is 6.11. The summed E-state index contributed by atoms with van der Waals surface area (Å²) >= 11 is 0. The highest BCUT2D eigenvalue weighted by atomic mass is 15.0. The number of hydrogen-bond acceptors (Lipinski definition) is 2. The van der Waals surface area contributed by atoms with E-state index < -0.39 is 0 Å². The van der Waals surface area contributed by atoms with Crippen molar-refractivity contribution in [3.63, 3.8) is 0 Å². The van der Waals surface area contributed by atoms with Crippen LogP contribution in [0.3, 0.4) is 0 Å². The predicted molar refractivity (Wildman–Crippen MR) is 170 cm³/mol. The molecule has 0 aliphatic heterocycles. The fraction of sp³-hybridized carbons (Fsp3) is 0. The van der Waals surface area contributed by atoms with Gasteiger partial charge >= 0.3 is 0 Å². The van der Waals surface area contributed by atoms with Gasteiger partial charge in [0.15, 0.2) is 5.82 Å². The molecule has 2 heterocycles. The van der Waals surface area contributed by atoms with Crippen LogP contribution in [0.1, 0.15) is 0 Å². The van der Waals surface area contributed by atoms with Crippen molar-refractivity contribution >= 4 is 32.7 Å². The molecule has 0 saturated carbocycles. The lowest BCUT2D eigenvalue weighted by molar-refractivity contribution is 1.18. The Morgan fingerprint density at radius 3 is 1.83 bits per heavy atom. The van der Waals surface area contributed by atoms with Crippen molar-refractivity contribution in [2.45, 2.75) is 0 Å². The van der Waals surface area contributed by atoms with E-state index in [1.807, 2.05) is 24.3 Å². The predicted octanol–water partition coefficient (Wildman–Crippen LogP) is 9.73. The van der Waals surface area contributed by atoms with Crippen LogP contribution in [0.2, 0.25) is 0 Å². The molecular weight excluding hydrogens is 498 g/mol. The molecule has 0 saturated heterocycles. The normalized spacial score (nSPS) is 11.4. The molecule has 8 rings (SSSR count). The Kier molecular flexibility index (Phi) is 5.46. The van der Waals surface area contributed by atoms with E-state index in [1.165, 1.54) is 21.8 Å². The van der Waals surface area contributed by atoms with Crippen LogP contribution in [0.5, 0.6) is 0 Å². The molecule has 0 N–H and O–H groups in total. The minimum Gasteiger partial charge on any atom is -0.309 e. The van der Waals surface area contributed by atoms with Crippen molar-refractivity contribution in [2.75, 3.05) is 0 Å². The van der Waals surface area contributed by atoms with Gasteiger partial charge in [0.25, 0.3) is 0 Å². The van der Waals surface area contributed by atoms with Crippen molar-refractivity contribution in [2.24, 2.45) is 0 Å². The smallest absolute Gasteiger partial charge is 0.160 e. The second-order valence-corrected chi connectivity index (χ2v) is 10.2. The number of hydrogen-bond donors (Lipinski definition) is 0. The van der Waals surface area contributed by atoms with E-state index in [9.17, 15) is 0 Å². The summed E-state index contributed by atoms with van der Waals surface area (Å²) in [6, 6.07) is 53.1. The summed E-state index contributed by atoms with van der Waals surface area (Å²) in [6.45, 7) is 0. The van der Waals surface area contributed by atoms with E-state index in [1.54, 1.807) is 0 Å². The maximum atomic E-state index is 5.19. The summed E-state index contributed by atoms with van der Waals surface area (Å²) in [7, 11) is 0. The molecule has 8 aromatic rings. The van der Waals surface area contributed by atoms with Gasteiger partial charge in [0.2, 0.25) is 0 Å². The maximum Gasteiger partial charge on any atom is 0.160 e. The Morgan fingerprint density at radius 1 is 0.415 bits per heavy atom. The topological polar surface area (TPSA) is 30.7 Å². The third-order valence-corrected chi connectivity index (χ3v) is 7.80. The van der Waals surface area contributed by atoms with E-state index in [0.29, 0.717) is 0 Å². The lowest BCUT2D eigenvalue weighted by atomic mass is 9.98. The van der Waals surface area contributed by atoms with Gasteiger partial charge in [-0.1, -0.05) is 127 Å². The average molecular weight is 524 g/mol. The van der Waals surface area contributed by atoms with E-state index in [4.69, 9.17) is 9.97 Å². The quantitative estimate of drug-likeness (QED) is 0.230.